The standard InChI is InChI=1S/C23H16FN7O2/c24-15-6-3-8-25-18(15)21-29-30-22(33-21)23(32)31-9-7-16-19(28-12-27-16)20(31)17-10-13-4-1-2-5-14(13)11-26-17/h1-6,8,10-12,20H,7,9H2,(H,27,28)/t20-/m1/s1. The molecule has 162 valence electrons. The van der Waals surface area contributed by atoms with Gasteiger partial charge in [0.1, 0.15) is 6.04 Å². The fraction of sp³-hybridized carbons (Fsp3) is 0.130. The molecular weight excluding hydrogens is 425 g/mol. The molecule has 5 heterocycles. The van der Waals surface area contributed by atoms with Gasteiger partial charge in [0.2, 0.25) is 0 Å². The van der Waals surface area contributed by atoms with Crippen molar-refractivity contribution in [3.05, 3.63) is 90.0 Å². The van der Waals surface area contributed by atoms with Crippen LogP contribution in [0.2, 0.25) is 0 Å². The second kappa shape index (κ2) is 7.59. The normalized spacial score (nSPS) is 15.5. The maximum atomic E-state index is 14.1. The molecule has 33 heavy (non-hydrogen) atoms. The van der Waals surface area contributed by atoms with Gasteiger partial charge in [-0.25, -0.2) is 14.4 Å². The summed E-state index contributed by atoms with van der Waals surface area (Å²) in [7, 11) is 0. The van der Waals surface area contributed by atoms with E-state index in [4.69, 9.17) is 4.42 Å². The Morgan fingerprint density at radius 3 is 2.85 bits per heavy atom. The molecule has 0 spiro atoms. The quantitative estimate of drug-likeness (QED) is 0.457. The number of nitrogens with one attached hydrogen (secondary N) is 1. The number of carbonyl (C=O) groups is 1. The Morgan fingerprint density at radius 1 is 1.09 bits per heavy atom. The third-order valence-corrected chi connectivity index (χ3v) is 5.69. The molecule has 0 bridgehead atoms. The lowest BCUT2D eigenvalue weighted by Gasteiger charge is -2.33. The van der Waals surface area contributed by atoms with E-state index in [2.05, 4.69) is 30.1 Å². The summed E-state index contributed by atoms with van der Waals surface area (Å²) in [6.07, 6.45) is 5.39. The van der Waals surface area contributed by atoms with Crippen LogP contribution >= 0.6 is 0 Å². The SMILES string of the molecule is O=C(c1nnc(-c2ncccc2F)o1)N1CCc2[nH]cnc2[C@H]1c1cc2ccccc2cn1. The summed E-state index contributed by atoms with van der Waals surface area (Å²) in [5.74, 6) is -1.51. The van der Waals surface area contributed by atoms with Crippen LogP contribution in [0.1, 0.15) is 33.8 Å². The Balaban J connectivity index is 1.40. The number of fused-ring (bicyclic) bond motifs is 2. The zero-order valence-corrected chi connectivity index (χ0v) is 17.1. The number of benzene rings is 1. The van der Waals surface area contributed by atoms with Crippen molar-refractivity contribution in [3.8, 4) is 11.6 Å². The molecular formula is C23H16FN7O2. The van der Waals surface area contributed by atoms with Gasteiger partial charge in [-0.2, -0.15) is 0 Å². The van der Waals surface area contributed by atoms with E-state index in [1.807, 2.05) is 30.3 Å². The summed E-state index contributed by atoms with van der Waals surface area (Å²) in [5.41, 5.74) is 2.23. The summed E-state index contributed by atoms with van der Waals surface area (Å²) < 4.78 is 19.6. The number of carbonyl (C=O) groups excluding carboxylic acids is 1. The van der Waals surface area contributed by atoms with E-state index in [9.17, 15) is 9.18 Å². The van der Waals surface area contributed by atoms with E-state index in [1.165, 1.54) is 18.3 Å². The minimum Gasteiger partial charge on any atom is -0.411 e. The van der Waals surface area contributed by atoms with E-state index >= 15 is 0 Å². The Hall–Kier alpha value is -4.47. The van der Waals surface area contributed by atoms with Gasteiger partial charge in [0.25, 0.3) is 5.89 Å². The van der Waals surface area contributed by atoms with E-state index in [0.29, 0.717) is 24.4 Å². The highest BCUT2D eigenvalue weighted by molar-refractivity contribution is 5.91. The van der Waals surface area contributed by atoms with E-state index in [-0.39, 0.29) is 17.5 Å². The highest BCUT2D eigenvalue weighted by atomic mass is 19.1. The van der Waals surface area contributed by atoms with Gasteiger partial charge in [0, 0.05) is 36.4 Å². The number of hydrogen-bond acceptors (Lipinski definition) is 7. The maximum Gasteiger partial charge on any atom is 0.312 e. The fourth-order valence-corrected chi connectivity index (χ4v) is 4.12. The summed E-state index contributed by atoms with van der Waals surface area (Å²) >= 11 is 0. The average Bonchev–Trinajstić information content (AvgIpc) is 3.53. The van der Waals surface area contributed by atoms with Crippen LogP contribution in [-0.2, 0) is 6.42 Å². The number of amides is 1. The lowest BCUT2D eigenvalue weighted by atomic mass is 9.98. The number of aromatic amines is 1. The molecule has 0 unspecified atom stereocenters. The van der Waals surface area contributed by atoms with Gasteiger partial charge in [-0.1, -0.05) is 24.3 Å². The van der Waals surface area contributed by atoms with E-state index < -0.39 is 17.8 Å². The Kier molecular flexibility index (Phi) is 4.42. The molecule has 1 aliphatic rings. The van der Waals surface area contributed by atoms with Crippen LogP contribution in [-0.4, -0.2) is 47.5 Å². The van der Waals surface area contributed by atoms with Crippen molar-refractivity contribution in [2.24, 2.45) is 0 Å². The number of hydrogen-bond donors (Lipinski definition) is 1. The van der Waals surface area contributed by atoms with Crippen LogP contribution in [0.5, 0.6) is 0 Å². The van der Waals surface area contributed by atoms with Gasteiger partial charge in [0.05, 0.1) is 17.7 Å². The molecule has 1 N–H and O–H groups in total. The Morgan fingerprint density at radius 2 is 1.97 bits per heavy atom. The van der Waals surface area contributed by atoms with Gasteiger partial charge in [-0.15, -0.1) is 10.2 Å². The zero-order valence-electron chi connectivity index (χ0n) is 17.1. The molecule has 0 aliphatic carbocycles. The average molecular weight is 441 g/mol. The predicted octanol–water partition coefficient (Wildman–Crippen LogP) is 3.33. The second-order valence-electron chi connectivity index (χ2n) is 7.62. The summed E-state index contributed by atoms with van der Waals surface area (Å²) in [6.45, 7) is 0.392. The molecule has 5 aromatic rings. The Bertz CT molecular complexity index is 1500. The highest BCUT2D eigenvalue weighted by Crippen LogP contribution is 2.34. The molecule has 9 nitrogen and oxygen atoms in total. The first-order valence-electron chi connectivity index (χ1n) is 10.3. The van der Waals surface area contributed by atoms with Crippen molar-refractivity contribution in [1.29, 1.82) is 0 Å². The number of pyridine rings is 2. The van der Waals surface area contributed by atoms with Crippen molar-refractivity contribution in [3.63, 3.8) is 0 Å². The lowest BCUT2D eigenvalue weighted by Crippen LogP contribution is -2.41. The van der Waals surface area contributed by atoms with Gasteiger partial charge in [0.15, 0.2) is 11.5 Å². The molecule has 1 atom stereocenters. The van der Waals surface area contributed by atoms with Crippen LogP contribution in [0.15, 0.2) is 65.6 Å². The number of nitrogens with zero attached hydrogens (tertiary/aromatic N) is 6. The fourth-order valence-electron chi connectivity index (χ4n) is 4.12. The molecule has 4 aromatic heterocycles. The minimum absolute atomic E-state index is 0.106. The lowest BCUT2D eigenvalue weighted by molar-refractivity contribution is 0.0647. The first-order valence-corrected chi connectivity index (χ1v) is 10.3. The number of imidazole rings is 1. The summed E-state index contributed by atoms with van der Waals surface area (Å²) in [5, 5.41) is 9.70. The van der Waals surface area contributed by atoms with Crippen LogP contribution < -0.4 is 0 Å². The molecule has 6 rings (SSSR count). The van der Waals surface area contributed by atoms with Gasteiger partial charge in [-0.05, 0) is 23.6 Å². The molecule has 0 saturated heterocycles. The summed E-state index contributed by atoms with van der Waals surface area (Å²) in [4.78, 5) is 31.2. The second-order valence-corrected chi connectivity index (χ2v) is 7.62. The minimum atomic E-state index is -0.613. The first-order chi connectivity index (χ1) is 16.2. The molecule has 0 saturated carbocycles. The van der Waals surface area contributed by atoms with Crippen LogP contribution in [0.4, 0.5) is 4.39 Å². The van der Waals surface area contributed by atoms with E-state index in [1.54, 1.807) is 17.4 Å². The van der Waals surface area contributed by atoms with Crippen molar-refractivity contribution in [2.45, 2.75) is 12.5 Å². The molecule has 0 fully saturated rings. The van der Waals surface area contributed by atoms with Crippen molar-refractivity contribution < 1.29 is 13.6 Å². The van der Waals surface area contributed by atoms with Crippen molar-refractivity contribution in [1.82, 2.24) is 35.0 Å². The van der Waals surface area contributed by atoms with E-state index in [0.717, 1.165) is 16.5 Å². The molecule has 1 aliphatic heterocycles. The largest absolute Gasteiger partial charge is 0.411 e. The smallest absolute Gasteiger partial charge is 0.312 e. The van der Waals surface area contributed by atoms with Crippen LogP contribution in [0.3, 0.4) is 0 Å². The monoisotopic (exact) mass is 441 g/mol. The highest BCUT2D eigenvalue weighted by Gasteiger charge is 2.37. The maximum absolute atomic E-state index is 14.1. The third-order valence-electron chi connectivity index (χ3n) is 5.69. The zero-order chi connectivity index (χ0) is 22.4. The molecule has 1 amide bonds. The molecule has 0 radical (unpaired) electrons. The molecule has 10 heteroatoms. The first kappa shape index (κ1) is 19.2. The summed E-state index contributed by atoms with van der Waals surface area (Å²) in [6, 6.07) is 12.0. The van der Waals surface area contributed by atoms with Gasteiger partial charge >= 0.3 is 11.8 Å². The molecule has 1 aromatic carbocycles. The predicted molar refractivity (Wildman–Crippen MR) is 114 cm³/mol. The van der Waals surface area contributed by atoms with Crippen molar-refractivity contribution >= 4 is 16.7 Å². The third kappa shape index (κ3) is 3.23. The number of H-pyrrole nitrogens is 1. The van der Waals surface area contributed by atoms with Crippen LogP contribution in [0.25, 0.3) is 22.4 Å². The van der Waals surface area contributed by atoms with Gasteiger partial charge < -0.3 is 14.3 Å². The van der Waals surface area contributed by atoms with Crippen molar-refractivity contribution in [2.75, 3.05) is 6.54 Å². The topological polar surface area (TPSA) is 114 Å². The number of rotatable bonds is 3. The number of aromatic nitrogens is 6. The number of halogens is 1. The Labute approximate surface area is 186 Å². The van der Waals surface area contributed by atoms with Crippen LogP contribution in [0, 0.1) is 5.82 Å². The van der Waals surface area contributed by atoms with Gasteiger partial charge in [-0.3, -0.25) is 9.78 Å².